The second-order valence-corrected chi connectivity index (χ2v) is 5.58. The van der Waals surface area contributed by atoms with Crippen molar-refractivity contribution in [2.75, 3.05) is 5.32 Å². The topological polar surface area (TPSA) is 12.0 Å². The summed E-state index contributed by atoms with van der Waals surface area (Å²) in [5.74, 6) is 1.03. The molecule has 2 rings (SSSR count). The molecule has 0 bridgehead atoms. The molecule has 1 saturated carbocycles. The van der Waals surface area contributed by atoms with E-state index in [1.54, 1.807) is 12.1 Å². The minimum absolute atomic E-state index is 0.261. The van der Waals surface area contributed by atoms with E-state index in [9.17, 15) is 4.39 Å². The van der Waals surface area contributed by atoms with Gasteiger partial charge in [-0.1, -0.05) is 38.3 Å². The minimum atomic E-state index is -0.261. The summed E-state index contributed by atoms with van der Waals surface area (Å²) in [6.07, 6.45) is 3.62. The molecule has 1 N–H and O–H groups in total. The largest absolute Gasteiger partial charge is 0.380 e. The molecular weight excluding hydrogens is 237 g/mol. The Hall–Kier alpha value is -0.760. The highest BCUT2D eigenvalue weighted by Gasteiger charge is 2.27. The molecule has 0 radical (unpaired) electrons. The molecule has 1 aromatic carbocycles. The lowest BCUT2D eigenvalue weighted by molar-refractivity contribution is 0.253. The van der Waals surface area contributed by atoms with Gasteiger partial charge in [0, 0.05) is 11.1 Å². The smallest absolute Gasteiger partial charge is 0.147 e. The van der Waals surface area contributed by atoms with Gasteiger partial charge in [-0.3, -0.25) is 0 Å². The van der Waals surface area contributed by atoms with Crippen molar-refractivity contribution in [3.8, 4) is 0 Å². The van der Waals surface area contributed by atoms with Gasteiger partial charge < -0.3 is 5.32 Å². The first-order valence-corrected chi connectivity index (χ1v) is 6.67. The molecule has 1 aromatic rings. The van der Waals surface area contributed by atoms with E-state index in [0.717, 1.165) is 6.42 Å². The molecule has 1 aliphatic carbocycles. The number of hydrogen-bond donors (Lipinski definition) is 1. The van der Waals surface area contributed by atoms with E-state index >= 15 is 0 Å². The maximum absolute atomic E-state index is 13.7. The van der Waals surface area contributed by atoms with E-state index < -0.39 is 0 Å². The molecule has 1 nitrogen and oxygen atoms in total. The maximum Gasteiger partial charge on any atom is 0.147 e. The number of anilines is 1. The lowest BCUT2D eigenvalue weighted by Gasteiger charge is -2.35. The van der Waals surface area contributed by atoms with Crippen LogP contribution >= 0.6 is 11.6 Å². The first-order valence-electron chi connectivity index (χ1n) is 6.29. The van der Waals surface area contributed by atoms with Crippen molar-refractivity contribution in [2.45, 2.75) is 39.2 Å². The molecular formula is C14H19ClFN. The lowest BCUT2D eigenvalue weighted by Crippen LogP contribution is -2.35. The summed E-state index contributed by atoms with van der Waals surface area (Å²) in [7, 11) is 0. The van der Waals surface area contributed by atoms with Gasteiger partial charge in [0.2, 0.25) is 0 Å². The number of nitrogens with one attached hydrogen (secondary N) is 1. The van der Waals surface area contributed by atoms with Crippen LogP contribution in [0.4, 0.5) is 10.1 Å². The van der Waals surface area contributed by atoms with Crippen molar-refractivity contribution in [3.05, 3.63) is 29.0 Å². The van der Waals surface area contributed by atoms with E-state index in [-0.39, 0.29) is 5.82 Å². The van der Waals surface area contributed by atoms with Crippen LogP contribution in [0.2, 0.25) is 5.02 Å². The van der Waals surface area contributed by atoms with Crippen LogP contribution in [0.5, 0.6) is 0 Å². The van der Waals surface area contributed by atoms with Gasteiger partial charge in [0.25, 0.3) is 0 Å². The Labute approximate surface area is 107 Å². The second-order valence-electron chi connectivity index (χ2n) is 5.14. The van der Waals surface area contributed by atoms with Gasteiger partial charge in [-0.25, -0.2) is 4.39 Å². The maximum atomic E-state index is 13.7. The number of benzene rings is 1. The van der Waals surface area contributed by atoms with Crippen molar-refractivity contribution in [3.63, 3.8) is 0 Å². The lowest BCUT2D eigenvalue weighted by atomic mass is 9.78. The van der Waals surface area contributed by atoms with E-state index in [1.807, 2.05) is 0 Å². The van der Waals surface area contributed by atoms with Crippen molar-refractivity contribution in [1.29, 1.82) is 0 Å². The molecule has 0 spiro atoms. The summed E-state index contributed by atoms with van der Waals surface area (Å²) < 4.78 is 13.7. The van der Waals surface area contributed by atoms with E-state index in [1.165, 1.54) is 18.9 Å². The van der Waals surface area contributed by atoms with E-state index in [2.05, 4.69) is 19.2 Å². The second kappa shape index (κ2) is 5.26. The summed E-state index contributed by atoms with van der Waals surface area (Å²) in [5.41, 5.74) is 0.570. The summed E-state index contributed by atoms with van der Waals surface area (Å²) in [5, 5.41) is 3.77. The summed E-state index contributed by atoms with van der Waals surface area (Å²) >= 11 is 5.74. The quantitative estimate of drug-likeness (QED) is 0.807. The van der Waals surface area contributed by atoms with Crippen LogP contribution in [0.15, 0.2) is 18.2 Å². The fourth-order valence-corrected chi connectivity index (χ4v) is 2.75. The van der Waals surface area contributed by atoms with Gasteiger partial charge in [0.05, 0.1) is 5.69 Å². The summed E-state index contributed by atoms with van der Waals surface area (Å²) in [6.45, 7) is 4.52. The monoisotopic (exact) mass is 255 g/mol. The molecule has 0 heterocycles. The highest BCUT2D eigenvalue weighted by Crippen LogP contribution is 2.32. The fourth-order valence-electron chi connectivity index (χ4n) is 2.59. The zero-order chi connectivity index (χ0) is 12.4. The molecule has 0 aliphatic heterocycles. The Bertz CT molecular complexity index is 394. The SMILES string of the molecule is CC1CCCC(Nc2ccc(Cl)cc2F)C1C. The zero-order valence-corrected chi connectivity index (χ0v) is 11.1. The van der Waals surface area contributed by atoms with E-state index in [0.29, 0.717) is 28.6 Å². The van der Waals surface area contributed by atoms with E-state index in [4.69, 9.17) is 11.6 Å². The predicted molar refractivity (Wildman–Crippen MR) is 71.0 cm³/mol. The summed E-state index contributed by atoms with van der Waals surface area (Å²) in [6, 6.07) is 5.18. The van der Waals surface area contributed by atoms with Gasteiger partial charge in [-0.2, -0.15) is 0 Å². The molecule has 3 heteroatoms. The molecule has 3 atom stereocenters. The third kappa shape index (κ3) is 2.92. The van der Waals surface area contributed by atoms with Crippen LogP contribution in [0.3, 0.4) is 0 Å². The van der Waals surface area contributed by atoms with Crippen LogP contribution in [0.1, 0.15) is 33.1 Å². The molecule has 1 fully saturated rings. The van der Waals surface area contributed by atoms with Gasteiger partial charge in [0.15, 0.2) is 0 Å². The minimum Gasteiger partial charge on any atom is -0.380 e. The molecule has 1 aliphatic rings. The highest BCUT2D eigenvalue weighted by atomic mass is 35.5. The average molecular weight is 256 g/mol. The molecule has 0 aromatic heterocycles. The standard InChI is InChI=1S/C14H19ClFN/c1-9-4-3-5-13(10(9)2)17-14-7-6-11(15)8-12(14)16/h6-10,13,17H,3-5H2,1-2H3. The Morgan fingerprint density at radius 1 is 1.29 bits per heavy atom. The Balaban J connectivity index is 2.09. The molecule has 17 heavy (non-hydrogen) atoms. The first kappa shape index (κ1) is 12.7. The first-order chi connectivity index (χ1) is 8.08. The predicted octanol–water partition coefficient (Wildman–Crippen LogP) is 4.72. The molecule has 0 saturated heterocycles. The van der Waals surface area contributed by atoms with Crippen molar-refractivity contribution < 1.29 is 4.39 Å². The van der Waals surface area contributed by atoms with Crippen molar-refractivity contribution >= 4 is 17.3 Å². The van der Waals surface area contributed by atoms with Crippen LogP contribution in [0, 0.1) is 17.7 Å². The number of halogens is 2. The van der Waals surface area contributed by atoms with Gasteiger partial charge in [-0.05, 0) is 36.5 Å². The van der Waals surface area contributed by atoms with Gasteiger partial charge in [-0.15, -0.1) is 0 Å². The molecule has 94 valence electrons. The Kier molecular flexibility index (Phi) is 3.93. The fraction of sp³-hybridized carbons (Fsp3) is 0.571. The Morgan fingerprint density at radius 2 is 2.06 bits per heavy atom. The average Bonchev–Trinajstić information content (AvgIpc) is 2.28. The third-order valence-electron chi connectivity index (χ3n) is 3.98. The number of rotatable bonds is 2. The van der Waals surface area contributed by atoms with Crippen LogP contribution in [-0.2, 0) is 0 Å². The zero-order valence-electron chi connectivity index (χ0n) is 10.3. The van der Waals surface area contributed by atoms with Crippen LogP contribution in [0.25, 0.3) is 0 Å². The third-order valence-corrected chi connectivity index (χ3v) is 4.21. The van der Waals surface area contributed by atoms with Crippen molar-refractivity contribution in [2.24, 2.45) is 11.8 Å². The number of hydrogen-bond acceptors (Lipinski definition) is 1. The van der Waals surface area contributed by atoms with Gasteiger partial charge in [0.1, 0.15) is 5.82 Å². The molecule has 0 amide bonds. The van der Waals surface area contributed by atoms with Crippen LogP contribution in [-0.4, -0.2) is 6.04 Å². The van der Waals surface area contributed by atoms with Crippen molar-refractivity contribution in [1.82, 2.24) is 0 Å². The normalized spacial score (nSPS) is 29.1. The molecule has 3 unspecified atom stereocenters. The summed E-state index contributed by atoms with van der Waals surface area (Å²) in [4.78, 5) is 0. The van der Waals surface area contributed by atoms with Crippen LogP contribution < -0.4 is 5.32 Å². The van der Waals surface area contributed by atoms with Gasteiger partial charge >= 0.3 is 0 Å². The Morgan fingerprint density at radius 3 is 2.76 bits per heavy atom. The highest BCUT2D eigenvalue weighted by molar-refractivity contribution is 6.30.